The van der Waals surface area contributed by atoms with Crippen LogP contribution in [0.15, 0.2) is 18.2 Å². The summed E-state index contributed by atoms with van der Waals surface area (Å²) in [6.07, 6.45) is 1.36. The molecule has 0 bridgehead atoms. The lowest BCUT2D eigenvalue weighted by molar-refractivity contribution is 0.115. The number of aliphatic hydroxyl groups excluding tert-OH is 1. The Morgan fingerprint density at radius 3 is 2.81 bits per heavy atom. The summed E-state index contributed by atoms with van der Waals surface area (Å²) in [4.78, 5) is 0. The summed E-state index contributed by atoms with van der Waals surface area (Å²) >= 11 is 0. The van der Waals surface area contributed by atoms with Crippen molar-refractivity contribution >= 4 is 0 Å². The Kier molecular flexibility index (Phi) is 2.94. The highest BCUT2D eigenvalue weighted by Crippen LogP contribution is 2.33. The van der Waals surface area contributed by atoms with Crippen molar-refractivity contribution in [3.8, 4) is 5.75 Å². The van der Waals surface area contributed by atoms with Gasteiger partial charge in [0.1, 0.15) is 5.75 Å². The summed E-state index contributed by atoms with van der Waals surface area (Å²) in [6, 6.07) is 6.17. The lowest BCUT2D eigenvalue weighted by Crippen LogP contribution is -2.15. The number of fused-ring (bicyclic) bond motifs is 1. The molecular formula is C14H20O2. The molecule has 1 aromatic carbocycles. The molecule has 1 heterocycles. The molecule has 2 nitrogen and oxygen atoms in total. The van der Waals surface area contributed by atoms with Gasteiger partial charge >= 0.3 is 0 Å². The summed E-state index contributed by atoms with van der Waals surface area (Å²) in [6.45, 7) is 7.28. The molecule has 1 aliphatic rings. The number of hydrogen-bond donors (Lipinski definition) is 1. The van der Waals surface area contributed by atoms with E-state index < -0.39 is 0 Å². The number of benzene rings is 1. The van der Waals surface area contributed by atoms with E-state index in [4.69, 9.17) is 4.74 Å². The van der Waals surface area contributed by atoms with E-state index in [-0.39, 0.29) is 11.5 Å². The molecule has 0 aromatic heterocycles. The van der Waals surface area contributed by atoms with Gasteiger partial charge < -0.3 is 9.84 Å². The zero-order valence-electron chi connectivity index (χ0n) is 10.3. The van der Waals surface area contributed by atoms with E-state index in [1.54, 1.807) is 0 Å². The molecule has 0 aliphatic carbocycles. The van der Waals surface area contributed by atoms with E-state index in [0.717, 1.165) is 17.7 Å². The van der Waals surface area contributed by atoms with Crippen molar-refractivity contribution in [3.05, 3.63) is 29.3 Å². The summed E-state index contributed by atoms with van der Waals surface area (Å²) in [5.74, 6) is 0.844. The predicted molar refractivity (Wildman–Crippen MR) is 64.7 cm³/mol. The fourth-order valence-electron chi connectivity index (χ4n) is 2.15. The molecule has 0 radical (unpaired) electrons. The molecule has 0 unspecified atom stereocenters. The summed E-state index contributed by atoms with van der Waals surface area (Å²) in [7, 11) is 0. The zero-order chi connectivity index (χ0) is 11.8. The Morgan fingerprint density at radius 1 is 1.38 bits per heavy atom. The third kappa shape index (κ3) is 2.56. The van der Waals surface area contributed by atoms with Gasteiger partial charge in [-0.25, -0.2) is 0 Å². The Morgan fingerprint density at radius 2 is 2.12 bits per heavy atom. The SMILES string of the molecule is CC(C)(C)Cc1ccc2c(c1)[C@H](O)CCO2. The average molecular weight is 220 g/mol. The summed E-state index contributed by atoms with van der Waals surface area (Å²) < 4.78 is 5.52. The molecule has 1 atom stereocenters. The van der Waals surface area contributed by atoms with Crippen LogP contribution in [-0.4, -0.2) is 11.7 Å². The molecule has 1 aromatic rings. The minimum absolute atomic E-state index is 0.273. The Bertz CT molecular complexity index is 377. The number of hydrogen-bond acceptors (Lipinski definition) is 2. The van der Waals surface area contributed by atoms with Crippen molar-refractivity contribution in [1.29, 1.82) is 0 Å². The van der Waals surface area contributed by atoms with Crippen molar-refractivity contribution in [2.75, 3.05) is 6.61 Å². The van der Waals surface area contributed by atoms with Crippen LogP contribution in [0.5, 0.6) is 5.75 Å². The highest BCUT2D eigenvalue weighted by Gasteiger charge is 2.20. The van der Waals surface area contributed by atoms with Crippen LogP contribution < -0.4 is 4.74 Å². The maximum Gasteiger partial charge on any atom is 0.125 e. The summed E-state index contributed by atoms with van der Waals surface area (Å²) in [5.41, 5.74) is 2.50. The van der Waals surface area contributed by atoms with E-state index in [2.05, 4.69) is 32.9 Å². The minimum atomic E-state index is -0.358. The Labute approximate surface area is 97.3 Å². The van der Waals surface area contributed by atoms with Crippen LogP contribution in [0.3, 0.4) is 0 Å². The number of aliphatic hydroxyl groups is 1. The second kappa shape index (κ2) is 4.10. The van der Waals surface area contributed by atoms with Crippen molar-refractivity contribution in [3.63, 3.8) is 0 Å². The smallest absolute Gasteiger partial charge is 0.125 e. The van der Waals surface area contributed by atoms with Crippen LogP contribution in [0.25, 0.3) is 0 Å². The van der Waals surface area contributed by atoms with E-state index in [0.29, 0.717) is 13.0 Å². The molecule has 0 amide bonds. The first-order chi connectivity index (χ1) is 7.46. The summed E-state index contributed by atoms with van der Waals surface area (Å²) in [5, 5.41) is 9.90. The van der Waals surface area contributed by atoms with Gasteiger partial charge in [0.2, 0.25) is 0 Å². The number of rotatable bonds is 1. The van der Waals surface area contributed by atoms with E-state index in [9.17, 15) is 5.11 Å². The molecule has 2 heteroatoms. The molecule has 1 aliphatic heterocycles. The second-order valence-electron chi connectivity index (χ2n) is 5.76. The van der Waals surface area contributed by atoms with Gasteiger partial charge in [-0.2, -0.15) is 0 Å². The van der Waals surface area contributed by atoms with E-state index >= 15 is 0 Å². The van der Waals surface area contributed by atoms with Crippen LogP contribution in [0.2, 0.25) is 0 Å². The maximum absolute atomic E-state index is 9.90. The molecule has 0 spiro atoms. The fourth-order valence-corrected chi connectivity index (χ4v) is 2.15. The van der Waals surface area contributed by atoms with E-state index in [1.165, 1.54) is 5.56 Å². The van der Waals surface area contributed by atoms with Gasteiger partial charge in [0.05, 0.1) is 12.7 Å². The van der Waals surface area contributed by atoms with Crippen LogP contribution in [0.4, 0.5) is 0 Å². The fraction of sp³-hybridized carbons (Fsp3) is 0.571. The molecule has 1 N–H and O–H groups in total. The first-order valence-electron chi connectivity index (χ1n) is 5.89. The van der Waals surface area contributed by atoms with Crippen molar-refractivity contribution in [2.45, 2.75) is 39.7 Å². The standard InChI is InChI=1S/C14H20O2/c1-14(2,3)9-10-4-5-13-11(8-10)12(15)6-7-16-13/h4-5,8,12,15H,6-7,9H2,1-3H3/t12-/m1/s1. The van der Waals surface area contributed by atoms with Crippen LogP contribution in [0, 0.1) is 5.41 Å². The normalized spacial score (nSPS) is 20.1. The van der Waals surface area contributed by atoms with Crippen LogP contribution >= 0.6 is 0 Å². The van der Waals surface area contributed by atoms with Gasteiger partial charge in [0.25, 0.3) is 0 Å². The average Bonchev–Trinajstić information content (AvgIpc) is 2.17. The lowest BCUT2D eigenvalue weighted by Gasteiger charge is -2.24. The maximum atomic E-state index is 9.90. The quantitative estimate of drug-likeness (QED) is 0.788. The largest absolute Gasteiger partial charge is 0.493 e. The molecule has 0 saturated heterocycles. The van der Waals surface area contributed by atoms with Crippen LogP contribution in [-0.2, 0) is 6.42 Å². The van der Waals surface area contributed by atoms with E-state index in [1.807, 2.05) is 6.07 Å². The lowest BCUT2D eigenvalue weighted by atomic mass is 9.87. The number of ether oxygens (including phenoxy) is 1. The molecule has 0 saturated carbocycles. The molecule has 0 fully saturated rings. The van der Waals surface area contributed by atoms with Gasteiger partial charge in [-0.1, -0.05) is 26.8 Å². The first kappa shape index (κ1) is 11.5. The highest BCUT2D eigenvalue weighted by atomic mass is 16.5. The molecule has 2 rings (SSSR count). The highest BCUT2D eigenvalue weighted by molar-refractivity contribution is 5.40. The molecule has 16 heavy (non-hydrogen) atoms. The zero-order valence-corrected chi connectivity index (χ0v) is 10.3. The van der Waals surface area contributed by atoms with Gasteiger partial charge in [-0.15, -0.1) is 0 Å². The predicted octanol–water partition coefficient (Wildman–Crippen LogP) is 3.09. The topological polar surface area (TPSA) is 29.5 Å². The minimum Gasteiger partial charge on any atom is -0.493 e. The van der Waals surface area contributed by atoms with Crippen molar-refractivity contribution < 1.29 is 9.84 Å². The van der Waals surface area contributed by atoms with Gasteiger partial charge in [-0.05, 0) is 29.5 Å². The van der Waals surface area contributed by atoms with Crippen molar-refractivity contribution in [2.24, 2.45) is 5.41 Å². The Balaban J connectivity index is 2.27. The monoisotopic (exact) mass is 220 g/mol. The second-order valence-corrected chi connectivity index (χ2v) is 5.76. The molecule has 88 valence electrons. The van der Waals surface area contributed by atoms with Gasteiger partial charge in [0, 0.05) is 12.0 Å². The third-order valence-electron chi connectivity index (χ3n) is 2.82. The third-order valence-corrected chi connectivity index (χ3v) is 2.82. The molecular weight excluding hydrogens is 200 g/mol. The van der Waals surface area contributed by atoms with Crippen LogP contribution in [0.1, 0.15) is 44.4 Å². The Hall–Kier alpha value is -1.02. The van der Waals surface area contributed by atoms with Gasteiger partial charge in [-0.3, -0.25) is 0 Å². The van der Waals surface area contributed by atoms with Crippen molar-refractivity contribution in [1.82, 2.24) is 0 Å². The first-order valence-corrected chi connectivity index (χ1v) is 5.89. The van der Waals surface area contributed by atoms with Gasteiger partial charge in [0.15, 0.2) is 0 Å².